The van der Waals surface area contributed by atoms with Gasteiger partial charge < -0.3 is 4.90 Å². The molecule has 2 nitrogen and oxygen atoms in total. The lowest BCUT2D eigenvalue weighted by Gasteiger charge is -2.23. The van der Waals surface area contributed by atoms with Crippen molar-refractivity contribution >= 4 is 5.84 Å². The van der Waals surface area contributed by atoms with Gasteiger partial charge in [-0.3, -0.25) is 4.99 Å². The minimum Gasteiger partial charge on any atom is -0.355 e. The Labute approximate surface area is 87.4 Å². The van der Waals surface area contributed by atoms with E-state index in [1.807, 2.05) is 0 Å². The summed E-state index contributed by atoms with van der Waals surface area (Å²) in [5, 5.41) is 0. The Bertz CT molecular complexity index is 243. The van der Waals surface area contributed by atoms with Gasteiger partial charge in [-0.2, -0.15) is 0 Å². The summed E-state index contributed by atoms with van der Waals surface area (Å²) in [6.07, 6.45) is 1.36. The zero-order chi connectivity index (χ0) is 10.3. The second-order valence-electron chi connectivity index (χ2n) is 5.40. The highest BCUT2D eigenvalue weighted by molar-refractivity contribution is 5.86. The Kier molecular flexibility index (Phi) is 2.54. The number of rotatable bonds is 2. The van der Waals surface area contributed by atoms with E-state index in [4.69, 9.17) is 0 Å². The van der Waals surface area contributed by atoms with Crippen LogP contribution in [0, 0.1) is 17.8 Å². The number of hydrogen-bond donors (Lipinski definition) is 0. The number of aliphatic imine (C=N–C) groups is 1. The van der Waals surface area contributed by atoms with Gasteiger partial charge in [-0.25, -0.2) is 0 Å². The molecule has 0 radical (unpaired) electrons. The first-order chi connectivity index (χ1) is 6.59. The van der Waals surface area contributed by atoms with Crippen LogP contribution in [0.1, 0.15) is 34.1 Å². The fraction of sp³-hybridized carbons (Fsp3) is 0.917. The van der Waals surface area contributed by atoms with Crippen molar-refractivity contribution in [3.8, 4) is 0 Å². The number of nitrogens with zero attached hydrogens (tertiary/aromatic N) is 2. The van der Waals surface area contributed by atoms with Gasteiger partial charge in [0.15, 0.2) is 0 Å². The maximum atomic E-state index is 4.66. The molecule has 14 heavy (non-hydrogen) atoms. The molecule has 1 saturated heterocycles. The van der Waals surface area contributed by atoms with E-state index in [9.17, 15) is 0 Å². The topological polar surface area (TPSA) is 15.6 Å². The molecule has 0 aliphatic carbocycles. The maximum absolute atomic E-state index is 4.66. The van der Waals surface area contributed by atoms with Crippen LogP contribution in [0.15, 0.2) is 4.99 Å². The van der Waals surface area contributed by atoms with E-state index in [1.165, 1.54) is 18.8 Å². The molecule has 0 bridgehead atoms. The third-order valence-electron chi connectivity index (χ3n) is 3.66. The van der Waals surface area contributed by atoms with Gasteiger partial charge in [-0.15, -0.1) is 0 Å². The Morgan fingerprint density at radius 3 is 2.57 bits per heavy atom. The monoisotopic (exact) mass is 194 g/mol. The second kappa shape index (κ2) is 3.56. The van der Waals surface area contributed by atoms with Crippen LogP contribution < -0.4 is 0 Å². The van der Waals surface area contributed by atoms with Crippen molar-refractivity contribution in [2.75, 3.05) is 13.1 Å². The highest BCUT2D eigenvalue weighted by Crippen LogP contribution is 2.33. The predicted octanol–water partition coefficient (Wildman–Crippen LogP) is 2.40. The van der Waals surface area contributed by atoms with Gasteiger partial charge >= 0.3 is 0 Å². The molecule has 0 N–H and O–H groups in total. The first kappa shape index (κ1) is 10.0. The lowest BCUT2D eigenvalue weighted by atomic mass is 9.93. The summed E-state index contributed by atoms with van der Waals surface area (Å²) in [6.45, 7) is 11.5. The zero-order valence-electron chi connectivity index (χ0n) is 9.83. The van der Waals surface area contributed by atoms with Gasteiger partial charge in [0, 0.05) is 12.5 Å². The second-order valence-corrected chi connectivity index (χ2v) is 5.40. The van der Waals surface area contributed by atoms with Crippen LogP contribution >= 0.6 is 0 Å². The average Bonchev–Trinajstić information content (AvgIpc) is 2.58. The Morgan fingerprint density at radius 1 is 1.29 bits per heavy atom. The van der Waals surface area contributed by atoms with E-state index in [1.54, 1.807) is 0 Å². The Balaban J connectivity index is 2.05. The molecule has 0 aromatic rings. The lowest BCUT2D eigenvalue weighted by Crippen LogP contribution is -2.34. The van der Waals surface area contributed by atoms with Crippen molar-refractivity contribution < 1.29 is 0 Å². The summed E-state index contributed by atoms with van der Waals surface area (Å²) >= 11 is 0. The number of hydrogen-bond acceptors (Lipinski definition) is 2. The maximum Gasteiger partial charge on any atom is 0.102 e. The molecule has 1 fully saturated rings. The lowest BCUT2D eigenvalue weighted by molar-refractivity contribution is 0.379. The molecule has 80 valence electrons. The first-order valence-corrected chi connectivity index (χ1v) is 5.90. The van der Waals surface area contributed by atoms with E-state index < -0.39 is 0 Å². The number of fused-ring (bicyclic) bond motifs is 1. The molecular weight excluding hydrogens is 172 g/mol. The van der Waals surface area contributed by atoms with Crippen LogP contribution in [0.3, 0.4) is 0 Å². The van der Waals surface area contributed by atoms with Crippen molar-refractivity contribution in [2.24, 2.45) is 22.7 Å². The SMILES string of the molecule is CC(C)C1=NCC2CC(C(C)C)CN12. The molecule has 0 saturated carbocycles. The van der Waals surface area contributed by atoms with Crippen molar-refractivity contribution in [3.63, 3.8) is 0 Å². The highest BCUT2D eigenvalue weighted by Gasteiger charge is 2.38. The normalized spacial score (nSPS) is 31.6. The van der Waals surface area contributed by atoms with E-state index >= 15 is 0 Å². The zero-order valence-corrected chi connectivity index (χ0v) is 9.83. The smallest absolute Gasteiger partial charge is 0.102 e. The summed E-state index contributed by atoms with van der Waals surface area (Å²) in [7, 11) is 0. The van der Waals surface area contributed by atoms with Gasteiger partial charge in [0.1, 0.15) is 5.84 Å². The van der Waals surface area contributed by atoms with Crippen LogP contribution in [0.4, 0.5) is 0 Å². The minimum atomic E-state index is 0.603. The highest BCUT2D eigenvalue weighted by atomic mass is 15.3. The predicted molar refractivity (Wildman–Crippen MR) is 60.6 cm³/mol. The molecule has 0 amide bonds. The fourth-order valence-electron chi connectivity index (χ4n) is 2.69. The van der Waals surface area contributed by atoms with Crippen molar-refractivity contribution in [1.82, 2.24) is 4.90 Å². The first-order valence-electron chi connectivity index (χ1n) is 5.90. The molecule has 2 aliphatic rings. The van der Waals surface area contributed by atoms with Crippen molar-refractivity contribution in [3.05, 3.63) is 0 Å². The Morgan fingerprint density at radius 2 is 2.00 bits per heavy atom. The van der Waals surface area contributed by atoms with E-state index in [-0.39, 0.29) is 0 Å². The molecule has 2 heterocycles. The summed E-state index contributed by atoms with van der Waals surface area (Å²) in [5.74, 6) is 3.68. The summed E-state index contributed by atoms with van der Waals surface area (Å²) in [4.78, 5) is 7.22. The number of amidine groups is 1. The minimum absolute atomic E-state index is 0.603. The third-order valence-corrected chi connectivity index (χ3v) is 3.66. The molecule has 2 unspecified atom stereocenters. The van der Waals surface area contributed by atoms with Crippen LogP contribution in [0.5, 0.6) is 0 Å². The van der Waals surface area contributed by atoms with Gasteiger partial charge in [0.2, 0.25) is 0 Å². The molecule has 0 aromatic heterocycles. The van der Waals surface area contributed by atoms with Crippen LogP contribution in [0.2, 0.25) is 0 Å². The summed E-state index contributed by atoms with van der Waals surface area (Å²) in [5.41, 5.74) is 0. The molecule has 2 aliphatic heterocycles. The Hall–Kier alpha value is -0.530. The van der Waals surface area contributed by atoms with Gasteiger partial charge in [-0.05, 0) is 18.3 Å². The largest absolute Gasteiger partial charge is 0.355 e. The molecule has 2 atom stereocenters. The van der Waals surface area contributed by atoms with Crippen molar-refractivity contribution in [2.45, 2.75) is 40.2 Å². The molecule has 2 heteroatoms. The summed E-state index contributed by atoms with van der Waals surface area (Å²) in [6, 6.07) is 0.736. The van der Waals surface area contributed by atoms with Crippen LogP contribution in [-0.4, -0.2) is 29.9 Å². The van der Waals surface area contributed by atoms with Crippen LogP contribution in [0.25, 0.3) is 0 Å². The molecule has 0 spiro atoms. The third kappa shape index (κ3) is 1.55. The summed E-state index contributed by atoms with van der Waals surface area (Å²) < 4.78 is 0. The molecule has 0 aromatic carbocycles. The van der Waals surface area contributed by atoms with Gasteiger partial charge in [0.05, 0.1) is 12.6 Å². The van der Waals surface area contributed by atoms with Crippen LogP contribution in [-0.2, 0) is 0 Å². The van der Waals surface area contributed by atoms with E-state index in [0.717, 1.165) is 24.4 Å². The van der Waals surface area contributed by atoms with Gasteiger partial charge in [0.25, 0.3) is 0 Å². The molecule has 2 rings (SSSR count). The standard InChI is InChI=1S/C12H22N2/c1-8(2)10-5-11-6-13-12(9(3)4)14(11)7-10/h8-11H,5-7H2,1-4H3. The molecular formula is C12H22N2. The van der Waals surface area contributed by atoms with Gasteiger partial charge in [-0.1, -0.05) is 27.7 Å². The van der Waals surface area contributed by atoms with E-state index in [0.29, 0.717) is 5.92 Å². The quantitative estimate of drug-likeness (QED) is 0.659. The van der Waals surface area contributed by atoms with E-state index in [2.05, 4.69) is 37.6 Å². The van der Waals surface area contributed by atoms with Crippen molar-refractivity contribution in [1.29, 1.82) is 0 Å². The fourth-order valence-corrected chi connectivity index (χ4v) is 2.69. The average molecular weight is 194 g/mol.